The average molecular weight is 401 g/mol. The molecule has 5 heteroatoms. The van der Waals surface area contributed by atoms with Crippen molar-refractivity contribution in [2.45, 2.75) is 13.5 Å². The maximum absolute atomic E-state index is 12.1. The fourth-order valence-electron chi connectivity index (χ4n) is 2.84. The van der Waals surface area contributed by atoms with Crippen molar-refractivity contribution in [3.8, 4) is 11.5 Å². The molecule has 0 aliphatic carbocycles. The minimum Gasteiger partial charge on any atom is -0.465 e. The summed E-state index contributed by atoms with van der Waals surface area (Å²) in [7, 11) is 1.36. The van der Waals surface area contributed by atoms with Crippen LogP contribution in [0.1, 0.15) is 23.6 Å². The van der Waals surface area contributed by atoms with E-state index in [-0.39, 0.29) is 0 Å². The molecular formula is C25H23NO4. The van der Waals surface area contributed by atoms with Crippen LogP contribution in [0.4, 0.5) is 0 Å². The van der Waals surface area contributed by atoms with Gasteiger partial charge in [-0.2, -0.15) is 0 Å². The highest BCUT2D eigenvalue weighted by Crippen LogP contribution is 2.31. The Morgan fingerprint density at radius 3 is 2.50 bits per heavy atom. The lowest BCUT2D eigenvalue weighted by molar-refractivity contribution is -0.133. The molecule has 0 radical (unpaired) electrons. The second-order valence-electron chi connectivity index (χ2n) is 6.36. The Hall–Kier alpha value is -3.86. The minimum absolute atomic E-state index is 0.403. The van der Waals surface area contributed by atoms with Gasteiger partial charge >= 0.3 is 5.97 Å². The van der Waals surface area contributed by atoms with Gasteiger partial charge in [-0.25, -0.2) is 4.79 Å². The molecule has 3 aromatic carbocycles. The second-order valence-corrected chi connectivity index (χ2v) is 6.36. The van der Waals surface area contributed by atoms with Crippen molar-refractivity contribution in [2.75, 3.05) is 7.11 Å². The topological polar surface area (TPSA) is 57.1 Å². The van der Waals surface area contributed by atoms with Crippen molar-refractivity contribution in [3.63, 3.8) is 0 Å². The molecule has 0 aliphatic heterocycles. The van der Waals surface area contributed by atoms with Crippen molar-refractivity contribution in [1.82, 2.24) is 0 Å². The van der Waals surface area contributed by atoms with Crippen LogP contribution in [-0.2, 0) is 21.0 Å². The van der Waals surface area contributed by atoms with Crippen LogP contribution in [0.2, 0.25) is 0 Å². The van der Waals surface area contributed by atoms with Gasteiger partial charge in [0.25, 0.3) is 0 Å². The summed E-state index contributed by atoms with van der Waals surface area (Å²) in [6, 6.07) is 24.6. The molecule has 152 valence electrons. The Kier molecular flexibility index (Phi) is 7.39. The van der Waals surface area contributed by atoms with E-state index in [2.05, 4.69) is 5.16 Å². The highest BCUT2D eigenvalue weighted by atomic mass is 16.6. The SMILES string of the molecule is CC=C(C(=O)OC)c1ccccc1Oc1cccc(C=NOCc2ccccc2)c1. The number of allylic oxidation sites excluding steroid dienone is 1. The number of carbonyl (C=O) groups is 1. The van der Waals surface area contributed by atoms with Crippen molar-refractivity contribution in [1.29, 1.82) is 0 Å². The predicted molar refractivity (Wildman–Crippen MR) is 117 cm³/mol. The fourth-order valence-corrected chi connectivity index (χ4v) is 2.84. The molecule has 0 aliphatic rings. The van der Waals surface area contributed by atoms with E-state index in [1.165, 1.54) is 7.11 Å². The van der Waals surface area contributed by atoms with Crippen molar-refractivity contribution >= 4 is 17.8 Å². The van der Waals surface area contributed by atoms with Crippen LogP contribution in [0.25, 0.3) is 5.57 Å². The lowest BCUT2D eigenvalue weighted by atomic mass is 10.0. The number of methoxy groups -OCH3 is 1. The number of benzene rings is 3. The zero-order valence-corrected chi connectivity index (χ0v) is 16.9. The molecule has 0 unspecified atom stereocenters. The van der Waals surface area contributed by atoms with Crippen LogP contribution >= 0.6 is 0 Å². The number of carbonyl (C=O) groups excluding carboxylic acids is 1. The van der Waals surface area contributed by atoms with Crippen LogP contribution < -0.4 is 4.74 Å². The molecule has 0 N–H and O–H groups in total. The molecule has 30 heavy (non-hydrogen) atoms. The number of nitrogens with zero attached hydrogens (tertiary/aromatic N) is 1. The summed E-state index contributed by atoms with van der Waals surface area (Å²) < 4.78 is 10.9. The zero-order chi connectivity index (χ0) is 21.2. The van der Waals surface area contributed by atoms with Gasteiger partial charge in [0.15, 0.2) is 0 Å². The van der Waals surface area contributed by atoms with E-state index in [9.17, 15) is 4.79 Å². The normalized spacial score (nSPS) is 11.3. The molecule has 0 amide bonds. The second kappa shape index (κ2) is 10.6. The van der Waals surface area contributed by atoms with Gasteiger partial charge in [-0.05, 0) is 36.2 Å². The van der Waals surface area contributed by atoms with E-state index >= 15 is 0 Å². The van der Waals surface area contributed by atoms with Gasteiger partial charge in [0.1, 0.15) is 18.1 Å². The van der Waals surface area contributed by atoms with E-state index < -0.39 is 5.97 Å². The van der Waals surface area contributed by atoms with Gasteiger partial charge in [-0.3, -0.25) is 0 Å². The summed E-state index contributed by atoms with van der Waals surface area (Å²) >= 11 is 0. The monoisotopic (exact) mass is 401 g/mol. The highest BCUT2D eigenvalue weighted by molar-refractivity contribution is 6.17. The largest absolute Gasteiger partial charge is 0.465 e. The van der Waals surface area contributed by atoms with Gasteiger partial charge < -0.3 is 14.3 Å². The Morgan fingerprint density at radius 1 is 0.967 bits per heavy atom. The molecule has 0 heterocycles. The molecule has 0 fully saturated rings. The molecule has 5 nitrogen and oxygen atoms in total. The highest BCUT2D eigenvalue weighted by Gasteiger charge is 2.16. The van der Waals surface area contributed by atoms with E-state index in [4.69, 9.17) is 14.3 Å². The summed E-state index contributed by atoms with van der Waals surface area (Å²) in [6.07, 6.45) is 3.34. The van der Waals surface area contributed by atoms with Gasteiger partial charge in [0, 0.05) is 5.56 Å². The number of hydrogen-bond acceptors (Lipinski definition) is 5. The van der Waals surface area contributed by atoms with E-state index in [0.717, 1.165) is 11.1 Å². The van der Waals surface area contributed by atoms with Gasteiger partial charge in [-0.15, -0.1) is 0 Å². The number of hydrogen-bond donors (Lipinski definition) is 0. The first kappa shape index (κ1) is 20.9. The van der Waals surface area contributed by atoms with Gasteiger partial charge in [0.05, 0.1) is 18.9 Å². The van der Waals surface area contributed by atoms with Crippen LogP contribution in [0.5, 0.6) is 11.5 Å². The van der Waals surface area contributed by atoms with Crippen LogP contribution in [0, 0.1) is 0 Å². The van der Waals surface area contributed by atoms with Gasteiger partial charge in [-0.1, -0.05) is 71.9 Å². The van der Waals surface area contributed by atoms with Crippen LogP contribution in [0.15, 0.2) is 90.1 Å². The number of ether oxygens (including phenoxy) is 2. The summed E-state index contributed by atoms with van der Waals surface area (Å²) in [5, 5.41) is 4.03. The van der Waals surface area contributed by atoms with Crippen molar-refractivity contribution < 1.29 is 19.1 Å². The maximum Gasteiger partial charge on any atom is 0.338 e. The first-order valence-corrected chi connectivity index (χ1v) is 9.52. The third kappa shape index (κ3) is 5.58. The predicted octanol–water partition coefficient (Wildman–Crippen LogP) is 5.61. The average Bonchev–Trinajstić information content (AvgIpc) is 2.79. The smallest absolute Gasteiger partial charge is 0.338 e. The van der Waals surface area contributed by atoms with E-state index in [1.54, 1.807) is 19.2 Å². The van der Waals surface area contributed by atoms with E-state index in [0.29, 0.717) is 29.2 Å². The number of para-hydroxylation sites is 1. The Labute approximate surface area is 176 Å². The molecule has 0 atom stereocenters. The molecule has 0 saturated heterocycles. The molecular weight excluding hydrogens is 378 g/mol. The number of esters is 1. The summed E-state index contributed by atoms with van der Waals surface area (Å²) in [4.78, 5) is 17.4. The molecule has 3 rings (SSSR count). The Bertz CT molecular complexity index is 1040. The summed E-state index contributed by atoms with van der Waals surface area (Å²) in [5.41, 5.74) is 2.99. The summed E-state index contributed by atoms with van der Waals surface area (Å²) in [5.74, 6) is 0.769. The lowest BCUT2D eigenvalue weighted by Gasteiger charge is -2.13. The Balaban J connectivity index is 1.71. The van der Waals surface area contributed by atoms with Crippen LogP contribution in [0.3, 0.4) is 0 Å². The maximum atomic E-state index is 12.1. The fraction of sp³-hybridized carbons (Fsp3) is 0.120. The van der Waals surface area contributed by atoms with E-state index in [1.807, 2.05) is 78.9 Å². The quantitative estimate of drug-likeness (QED) is 0.213. The minimum atomic E-state index is -0.412. The van der Waals surface area contributed by atoms with Crippen molar-refractivity contribution in [3.05, 3.63) is 102 Å². The zero-order valence-electron chi connectivity index (χ0n) is 16.9. The molecule has 0 bridgehead atoms. The standard InChI is InChI=1S/C25H23NO4/c1-3-22(25(27)28-2)23-14-7-8-15-24(23)30-21-13-9-12-20(16-21)17-26-29-18-19-10-5-4-6-11-19/h3-17H,18H2,1-2H3. The Morgan fingerprint density at radius 2 is 1.73 bits per heavy atom. The van der Waals surface area contributed by atoms with Crippen molar-refractivity contribution in [2.24, 2.45) is 5.16 Å². The molecule has 3 aromatic rings. The number of rotatable bonds is 8. The molecule has 0 aromatic heterocycles. The third-order valence-corrected chi connectivity index (χ3v) is 4.31. The number of oxime groups is 1. The first-order chi connectivity index (χ1) is 14.7. The molecule has 0 saturated carbocycles. The molecule has 0 spiro atoms. The lowest BCUT2D eigenvalue weighted by Crippen LogP contribution is -2.05. The first-order valence-electron chi connectivity index (χ1n) is 9.52. The van der Waals surface area contributed by atoms with Gasteiger partial charge in [0.2, 0.25) is 0 Å². The summed E-state index contributed by atoms with van der Waals surface area (Å²) in [6.45, 7) is 2.19. The third-order valence-electron chi connectivity index (χ3n) is 4.31. The van der Waals surface area contributed by atoms with Crippen LogP contribution in [-0.4, -0.2) is 19.3 Å².